The summed E-state index contributed by atoms with van der Waals surface area (Å²) in [5.41, 5.74) is -0.493. The van der Waals surface area contributed by atoms with Crippen molar-refractivity contribution in [2.24, 2.45) is 0 Å². The van der Waals surface area contributed by atoms with Gasteiger partial charge in [-0.2, -0.15) is 11.8 Å². The molecule has 0 amide bonds. The molecule has 1 aromatic heterocycles. The van der Waals surface area contributed by atoms with E-state index >= 15 is 0 Å². The second-order valence-corrected chi connectivity index (χ2v) is 7.45. The van der Waals surface area contributed by atoms with E-state index in [4.69, 9.17) is 0 Å². The lowest BCUT2D eigenvalue weighted by Gasteiger charge is -2.40. The summed E-state index contributed by atoms with van der Waals surface area (Å²) in [6.45, 7) is 0.380. The zero-order valence-corrected chi connectivity index (χ0v) is 11.7. The minimum absolute atomic E-state index is 0.00854. The fraction of sp³-hybridized carbons (Fsp3) is 0.545. The number of thioether (sulfide) groups is 1. The molecule has 0 radical (unpaired) electrons. The molecule has 100 valence electrons. The molecule has 0 atom stereocenters. The van der Waals surface area contributed by atoms with Crippen LogP contribution in [0.4, 0.5) is 0 Å². The van der Waals surface area contributed by atoms with Crippen molar-refractivity contribution in [1.82, 2.24) is 9.71 Å². The van der Waals surface area contributed by atoms with Crippen LogP contribution >= 0.6 is 11.8 Å². The fourth-order valence-electron chi connectivity index (χ4n) is 1.94. The second-order valence-electron chi connectivity index (χ2n) is 4.44. The highest BCUT2D eigenvalue weighted by Gasteiger charge is 2.37. The molecule has 2 N–H and O–H groups in total. The number of sulfonamides is 1. The van der Waals surface area contributed by atoms with Crippen molar-refractivity contribution in [3.63, 3.8) is 0 Å². The molecule has 1 saturated carbocycles. The molecule has 7 heteroatoms. The highest BCUT2D eigenvalue weighted by Crippen LogP contribution is 2.42. The van der Waals surface area contributed by atoms with E-state index in [-0.39, 0.29) is 9.64 Å². The Morgan fingerprint density at radius 1 is 1.50 bits per heavy atom. The molecule has 1 heterocycles. The maximum atomic E-state index is 12.0. The number of nitrogens with one attached hydrogen (secondary N) is 2. The minimum Gasteiger partial charge on any atom is -0.366 e. The van der Waals surface area contributed by atoms with E-state index in [1.807, 2.05) is 6.26 Å². The maximum absolute atomic E-state index is 12.0. The number of aromatic nitrogens is 1. The van der Waals surface area contributed by atoms with Crippen LogP contribution in [0.1, 0.15) is 19.3 Å². The molecule has 1 aromatic rings. The van der Waals surface area contributed by atoms with Crippen molar-refractivity contribution in [2.45, 2.75) is 28.9 Å². The Balaban J connectivity index is 2.13. The molecule has 5 nitrogen and oxygen atoms in total. The molecule has 18 heavy (non-hydrogen) atoms. The summed E-state index contributed by atoms with van der Waals surface area (Å²) in [6.07, 6.45) is 7.79. The number of hydrogen-bond donors (Lipinski definition) is 2. The topological polar surface area (TPSA) is 79.0 Å². The van der Waals surface area contributed by atoms with Gasteiger partial charge in [-0.15, -0.1) is 0 Å². The summed E-state index contributed by atoms with van der Waals surface area (Å²) in [6, 6.07) is 1.21. The van der Waals surface area contributed by atoms with E-state index in [1.54, 1.807) is 11.8 Å². The zero-order chi connectivity index (χ0) is 13.2. The highest BCUT2D eigenvalue weighted by molar-refractivity contribution is 8.00. The third kappa shape index (κ3) is 2.62. The molecule has 1 aliphatic rings. The predicted molar refractivity (Wildman–Crippen MR) is 72.3 cm³/mol. The van der Waals surface area contributed by atoms with Gasteiger partial charge in [-0.25, -0.2) is 13.1 Å². The molecular weight excluding hydrogens is 272 g/mol. The van der Waals surface area contributed by atoms with Crippen LogP contribution in [-0.4, -0.2) is 30.9 Å². The normalized spacial score (nSPS) is 18.3. The summed E-state index contributed by atoms with van der Waals surface area (Å²) in [7, 11) is -3.72. The van der Waals surface area contributed by atoms with Gasteiger partial charge in [0.05, 0.1) is 0 Å². The number of H-pyrrole nitrogens is 1. The summed E-state index contributed by atoms with van der Waals surface area (Å²) < 4.78 is 26.6. The van der Waals surface area contributed by atoms with Crippen LogP contribution in [0.25, 0.3) is 0 Å². The third-order valence-electron chi connectivity index (χ3n) is 3.36. The molecule has 0 aromatic carbocycles. The van der Waals surface area contributed by atoms with Gasteiger partial charge in [-0.3, -0.25) is 4.79 Å². The molecule has 0 aliphatic heterocycles. The first-order valence-electron chi connectivity index (χ1n) is 5.71. The summed E-state index contributed by atoms with van der Waals surface area (Å²) in [5, 5.41) is 0. The van der Waals surface area contributed by atoms with E-state index in [9.17, 15) is 13.2 Å². The number of hydrogen-bond acceptors (Lipinski definition) is 4. The third-order valence-corrected chi connectivity index (χ3v) is 6.20. The molecule has 0 bridgehead atoms. The van der Waals surface area contributed by atoms with E-state index < -0.39 is 15.5 Å². The van der Waals surface area contributed by atoms with Crippen LogP contribution in [0.3, 0.4) is 0 Å². The van der Waals surface area contributed by atoms with E-state index in [2.05, 4.69) is 9.71 Å². The average Bonchev–Trinajstić information content (AvgIpc) is 2.28. The molecule has 1 aliphatic carbocycles. The predicted octanol–water partition coefficient (Wildman–Crippen LogP) is 0.939. The molecular formula is C11H16N2O3S2. The minimum atomic E-state index is -3.72. The molecule has 2 rings (SSSR count). The van der Waals surface area contributed by atoms with Crippen LogP contribution in [0.15, 0.2) is 28.2 Å². The van der Waals surface area contributed by atoms with Gasteiger partial charge in [-0.05, 0) is 19.1 Å². The zero-order valence-electron chi connectivity index (χ0n) is 10.1. The Labute approximate surface area is 110 Å². The van der Waals surface area contributed by atoms with Gasteiger partial charge < -0.3 is 4.98 Å². The Morgan fingerprint density at radius 3 is 2.72 bits per heavy atom. The quantitative estimate of drug-likeness (QED) is 0.845. The van der Waals surface area contributed by atoms with E-state index in [0.717, 1.165) is 19.3 Å². The Kier molecular flexibility index (Phi) is 3.84. The first-order valence-corrected chi connectivity index (χ1v) is 8.42. The smallest absolute Gasteiger partial charge is 0.245 e. The lowest BCUT2D eigenvalue weighted by atomic mass is 9.84. The van der Waals surface area contributed by atoms with Crippen molar-refractivity contribution in [3.8, 4) is 0 Å². The number of pyridine rings is 1. The van der Waals surface area contributed by atoms with Gasteiger partial charge in [0.15, 0.2) is 0 Å². The van der Waals surface area contributed by atoms with Gasteiger partial charge in [0, 0.05) is 29.8 Å². The van der Waals surface area contributed by atoms with Crippen molar-refractivity contribution >= 4 is 21.8 Å². The van der Waals surface area contributed by atoms with Gasteiger partial charge >= 0.3 is 0 Å². The monoisotopic (exact) mass is 288 g/mol. The second kappa shape index (κ2) is 5.07. The van der Waals surface area contributed by atoms with Crippen LogP contribution in [0.2, 0.25) is 0 Å². The SMILES string of the molecule is CSC1(CNS(=O)(=O)c2c[nH]ccc2=O)CCC1. The van der Waals surface area contributed by atoms with Crippen molar-refractivity contribution < 1.29 is 8.42 Å². The van der Waals surface area contributed by atoms with Crippen molar-refractivity contribution in [1.29, 1.82) is 0 Å². The maximum Gasteiger partial charge on any atom is 0.245 e. The number of rotatable bonds is 5. The van der Waals surface area contributed by atoms with Gasteiger partial charge in [0.25, 0.3) is 0 Å². The lowest BCUT2D eigenvalue weighted by molar-refractivity contribution is 0.362. The lowest BCUT2D eigenvalue weighted by Crippen LogP contribution is -2.45. The fourth-order valence-corrected chi connectivity index (χ4v) is 4.12. The molecule has 1 fully saturated rings. The largest absolute Gasteiger partial charge is 0.366 e. The average molecular weight is 288 g/mol. The highest BCUT2D eigenvalue weighted by atomic mass is 32.2. The molecule has 0 saturated heterocycles. The van der Waals surface area contributed by atoms with Crippen LogP contribution in [0.5, 0.6) is 0 Å². The summed E-state index contributed by atoms with van der Waals surface area (Å²) in [5.74, 6) is 0. The standard InChI is InChI=1S/C11H16N2O3S2/c1-17-11(4-2-5-11)8-13-18(15,16)10-7-12-6-3-9(10)14/h3,6-7,13H,2,4-5,8H2,1H3,(H,12,14). The molecule has 0 unspecified atom stereocenters. The van der Waals surface area contributed by atoms with Crippen LogP contribution in [0, 0.1) is 0 Å². The van der Waals surface area contributed by atoms with Crippen LogP contribution < -0.4 is 10.2 Å². The van der Waals surface area contributed by atoms with Gasteiger partial charge in [0.1, 0.15) is 4.90 Å². The van der Waals surface area contributed by atoms with Crippen molar-refractivity contribution in [3.05, 3.63) is 28.7 Å². The Hall–Kier alpha value is -0.790. The van der Waals surface area contributed by atoms with Gasteiger partial charge in [-0.1, -0.05) is 6.42 Å². The van der Waals surface area contributed by atoms with Crippen LogP contribution in [-0.2, 0) is 10.0 Å². The summed E-state index contributed by atoms with van der Waals surface area (Å²) in [4.78, 5) is 13.9. The number of aromatic amines is 1. The van der Waals surface area contributed by atoms with Gasteiger partial charge in [0.2, 0.25) is 15.5 Å². The molecule has 0 spiro atoms. The van der Waals surface area contributed by atoms with E-state index in [1.165, 1.54) is 18.5 Å². The Morgan fingerprint density at radius 2 is 2.22 bits per heavy atom. The first-order chi connectivity index (χ1) is 8.49. The van der Waals surface area contributed by atoms with Crippen molar-refractivity contribution in [2.75, 3.05) is 12.8 Å². The van der Waals surface area contributed by atoms with E-state index in [0.29, 0.717) is 6.54 Å². The summed E-state index contributed by atoms with van der Waals surface area (Å²) >= 11 is 1.69. The first kappa shape index (κ1) is 13.6. The Bertz CT molecular complexity index is 570.